The third kappa shape index (κ3) is 1.85. The smallest absolute Gasteiger partial charge is 0.312 e. The van der Waals surface area contributed by atoms with Gasteiger partial charge >= 0.3 is 6.41 Å². The molecule has 1 spiro atoms. The van der Waals surface area contributed by atoms with Crippen LogP contribution in [0.5, 0.6) is 0 Å². The van der Waals surface area contributed by atoms with Gasteiger partial charge < -0.3 is 10.2 Å². The van der Waals surface area contributed by atoms with Crippen molar-refractivity contribution in [2.24, 2.45) is 5.41 Å². The largest absolute Gasteiger partial charge is 0.334 e. The molecule has 0 bridgehead atoms. The molecule has 1 radical (unpaired) electrons. The van der Waals surface area contributed by atoms with Crippen LogP contribution >= 0.6 is 0 Å². The van der Waals surface area contributed by atoms with Crippen molar-refractivity contribution in [3.8, 4) is 0 Å². The van der Waals surface area contributed by atoms with Crippen molar-refractivity contribution >= 4 is 6.41 Å². The second-order valence-electron chi connectivity index (χ2n) is 4.33. The molecule has 2 aliphatic rings. The van der Waals surface area contributed by atoms with E-state index in [1.807, 2.05) is 6.41 Å². The van der Waals surface area contributed by atoms with Crippen LogP contribution in [0.1, 0.15) is 25.7 Å². The fourth-order valence-corrected chi connectivity index (χ4v) is 2.53. The average Bonchev–Trinajstić information content (AvgIpc) is 2.20. The highest BCUT2D eigenvalue weighted by atomic mass is 16.1. The Kier molecular flexibility index (Phi) is 2.54. The number of hydrogen-bond donors (Lipinski definition) is 1. The van der Waals surface area contributed by atoms with Crippen LogP contribution in [0.3, 0.4) is 0 Å². The molecule has 0 aromatic carbocycles. The Morgan fingerprint density at radius 3 is 2.23 bits per heavy atom. The standard InChI is InChI=1S/C10H17N2O/c13-9-12-7-3-10(4-8-12)1-5-11-6-2-10/h11H,1-8H2. The first-order valence-corrected chi connectivity index (χ1v) is 5.18. The lowest BCUT2D eigenvalue weighted by molar-refractivity contribution is 0.104. The van der Waals surface area contributed by atoms with Crippen LogP contribution in [0, 0.1) is 5.41 Å². The molecular formula is C10H17N2O. The number of hydrogen-bond acceptors (Lipinski definition) is 2. The van der Waals surface area contributed by atoms with E-state index in [4.69, 9.17) is 0 Å². The lowest BCUT2D eigenvalue weighted by Gasteiger charge is -2.43. The van der Waals surface area contributed by atoms with Crippen LogP contribution in [0.4, 0.5) is 0 Å². The minimum Gasteiger partial charge on any atom is -0.334 e. The number of nitrogens with zero attached hydrogens (tertiary/aromatic N) is 1. The van der Waals surface area contributed by atoms with Crippen LogP contribution in [0.25, 0.3) is 0 Å². The van der Waals surface area contributed by atoms with Crippen molar-refractivity contribution in [3.63, 3.8) is 0 Å². The number of piperidine rings is 2. The number of carbonyl (C=O) groups excluding carboxylic acids is 1. The summed E-state index contributed by atoms with van der Waals surface area (Å²) in [7, 11) is 0. The molecule has 73 valence electrons. The van der Waals surface area contributed by atoms with Crippen molar-refractivity contribution < 1.29 is 4.79 Å². The summed E-state index contributed by atoms with van der Waals surface area (Å²) in [5, 5.41) is 3.39. The van der Waals surface area contributed by atoms with E-state index >= 15 is 0 Å². The predicted molar refractivity (Wildman–Crippen MR) is 51.0 cm³/mol. The van der Waals surface area contributed by atoms with Gasteiger partial charge in [0.15, 0.2) is 0 Å². The summed E-state index contributed by atoms with van der Waals surface area (Å²) >= 11 is 0. The molecule has 2 fully saturated rings. The third-order valence-electron chi connectivity index (χ3n) is 3.62. The molecule has 2 aliphatic heterocycles. The molecular weight excluding hydrogens is 164 g/mol. The first kappa shape index (κ1) is 9.00. The van der Waals surface area contributed by atoms with E-state index in [1.54, 1.807) is 4.90 Å². The second kappa shape index (κ2) is 3.66. The lowest BCUT2D eigenvalue weighted by atomic mass is 9.72. The highest BCUT2D eigenvalue weighted by Crippen LogP contribution is 2.38. The molecule has 1 N–H and O–H groups in total. The Labute approximate surface area is 79.5 Å². The fraction of sp³-hybridized carbons (Fsp3) is 0.900. The maximum absolute atomic E-state index is 10.4. The molecule has 2 heterocycles. The van der Waals surface area contributed by atoms with E-state index in [2.05, 4.69) is 5.32 Å². The summed E-state index contributed by atoms with van der Waals surface area (Å²) in [6.07, 6.45) is 6.95. The van der Waals surface area contributed by atoms with E-state index in [9.17, 15) is 4.79 Å². The molecule has 1 amide bonds. The number of nitrogens with one attached hydrogen (secondary N) is 1. The number of likely N-dealkylation sites (tertiary alicyclic amines) is 1. The predicted octanol–water partition coefficient (Wildman–Crippen LogP) is 0.519. The van der Waals surface area contributed by atoms with Gasteiger partial charge in [-0.1, -0.05) is 0 Å². The quantitative estimate of drug-likeness (QED) is 0.639. The molecule has 0 saturated carbocycles. The van der Waals surface area contributed by atoms with Crippen LogP contribution in [-0.4, -0.2) is 37.5 Å². The van der Waals surface area contributed by atoms with Gasteiger partial charge in [0.05, 0.1) is 0 Å². The highest BCUT2D eigenvalue weighted by molar-refractivity contribution is 5.48. The summed E-state index contributed by atoms with van der Waals surface area (Å²) in [4.78, 5) is 12.2. The summed E-state index contributed by atoms with van der Waals surface area (Å²) in [6, 6.07) is 0. The zero-order chi connectivity index (χ0) is 9.15. The van der Waals surface area contributed by atoms with Crippen LogP contribution in [0.15, 0.2) is 0 Å². The van der Waals surface area contributed by atoms with Crippen molar-refractivity contribution in [2.75, 3.05) is 26.2 Å². The van der Waals surface area contributed by atoms with Gasteiger partial charge in [0.2, 0.25) is 0 Å². The summed E-state index contributed by atoms with van der Waals surface area (Å²) < 4.78 is 0. The van der Waals surface area contributed by atoms with Crippen LogP contribution < -0.4 is 5.32 Å². The van der Waals surface area contributed by atoms with Gasteiger partial charge in [0.25, 0.3) is 0 Å². The maximum atomic E-state index is 10.4. The van der Waals surface area contributed by atoms with Crippen LogP contribution in [-0.2, 0) is 4.79 Å². The van der Waals surface area contributed by atoms with Gasteiger partial charge in [-0.3, -0.25) is 4.79 Å². The Morgan fingerprint density at radius 1 is 1.08 bits per heavy atom. The second-order valence-corrected chi connectivity index (χ2v) is 4.33. The van der Waals surface area contributed by atoms with E-state index in [0.29, 0.717) is 5.41 Å². The van der Waals surface area contributed by atoms with Crippen molar-refractivity contribution in [3.05, 3.63) is 0 Å². The first-order chi connectivity index (χ1) is 6.35. The SMILES string of the molecule is O=[C]N1CCC2(CCNCC2)CC1. The van der Waals surface area contributed by atoms with Crippen molar-refractivity contribution in [1.29, 1.82) is 0 Å². The Hall–Kier alpha value is -0.570. The highest BCUT2D eigenvalue weighted by Gasteiger charge is 2.35. The zero-order valence-corrected chi connectivity index (χ0v) is 8.01. The zero-order valence-electron chi connectivity index (χ0n) is 8.01. The van der Waals surface area contributed by atoms with Crippen molar-refractivity contribution in [2.45, 2.75) is 25.7 Å². The summed E-state index contributed by atoms with van der Waals surface area (Å²) in [5.41, 5.74) is 0.554. The topological polar surface area (TPSA) is 32.3 Å². The molecule has 2 saturated heterocycles. The maximum Gasteiger partial charge on any atom is 0.312 e. The van der Waals surface area contributed by atoms with Gasteiger partial charge in [-0.25, -0.2) is 0 Å². The van der Waals surface area contributed by atoms with Crippen LogP contribution in [0.2, 0.25) is 0 Å². The van der Waals surface area contributed by atoms with E-state index < -0.39 is 0 Å². The minimum absolute atomic E-state index is 0.554. The van der Waals surface area contributed by atoms with Crippen molar-refractivity contribution in [1.82, 2.24) is 10.2 Å². The fourth-order valence-electron chi connectivity index (χ4n) is 2.53. The molecule has 2 rings (SSSR count). The van der Waals surface area contributed by atoms with Gasteiger partial charge in [-0.2, -0.15) is 0 Å². The molecule has 0 aromatic rings. The molecule has 0 aliphatic carbocycles. The molecule has 3 heteroatoms. The van der Waals surface area contributed by atoms with Gasteiger partial charge in [0, 0.05) is 13.1 Å². The lowest BCUT2D eigenvalue weighted by Crippen LogP contribution is -2.45. The van der Waals surface area contributed by atoms with Gasteiger partial charge in [-0.15, -0.1) is 0 Å². The minimum atomic E-state index is 0.554. The van der Waals surface area contributed by atoms with E-state index in [0.717, 1.165) is 26.2 Å². The third-order valence-corrected chi connectivity index (χ3v) is 3.62. The number of amides is 1. The summed E-state index contributed by atoms with van der Waals surface area (Å²) in [6.45, 7) is 4.16. The van der Waals surface area contributed by atoms with Gasteiger partial charge in [-0.05, 0) is 44.2 Å². The van der Waals surface area contributed by atoms with E-state index in [-0.39, 0.29) is 0 Å². The summed E-state index contributed by atoms with van der Waals surface area (Å²) in [5.74, 6) is 0. The first-order valence-electron chi connectivity index (χ1n) is 5.18. The number of rotatable bonds is 1. The Balaban J connectivity index is 1.91. The normalized spacial score (nSPS) is 27.5. The molecule has 0 aromatic heterocycles. The molecule has 3 nitrogen and oxygen atoms in total. The average molecular weight is 181 g/mol. The molecule has 0 unspecified atom stereocenters. The molecule has 0 atom stereocenters. The molecule has 13 heavy (non-hydrogen) atoms. The Morgan fingerprint density at radius 2 is 1.69 bits per heavy atom. The Bertz CT molecular complexity index is 177. The van der Waals surface area contributed by atoms with Gasteiger partial charge in [0.1, 0.15) is 0 Å². The van der Waals surface area contributed by atoms with E-state index in [1.165, 1.54) is 25.7 Å². The monoisotopic (exact) mass is 181 g/mol.